The molecule has 0 aliphatic heterocycles. The van der Waals surface area contributed by atoms with Gasteiger partial charge in [-0.2, -0.15) is 0 Å². The zero-order chi connectivity index (χ0) is 13.4. The molecule has 1 aromatic carbocycles. The first-order chi connectivity index (χ1) is 8.61. The third kappa shape index (κ3) is 5.16. The molecule has 1 aromatic rings. The molecule has 96 valence electrons. The summed E-state index contributed by atoms with van der Waals surface area (Å²) < 4.78 is 4.46. The second-order valence-corrected chi connectivity index (χ2v) is 3.69. The predicted molar refractivity (Wildman–Crippen MR) is 67.2 cm³/mol. The van der Waals surface area contributed by atoms with Crippen LogP contribution in [0, 0.1) is 0 Å². The Kier molecular flexibility index (Phi) is 5.44. The number of carbonyl (C=O) groups excluding carboxylic acids is 2. The van der Waals surface area contributed by atoms with E-state index in [0.717, 1.165) is 5.56 Å². The summed E-state index contributed by atoms with van der Waals surface area (Å²) in [5, 5.41) is 0. The molecule has 1 rings (SSSR count). The van der Waals surface area contributed by atoms with Gasteiger partial charge in [0.25, 0.3) is 0 Å². The topological polar surface area (TPSA) is 67.4 Å². The van der Waals surface area contributed by atoms with E-state index in [4.69, 9.17) is 0 Å². The molecule has 0 aromatic heterocycles. The summed E-state index contributed by atoms with van der Waals surface area (Å²) >= 11 is 0. The number of amides is 1. The Balaban J connectivity index is 2.38. The van der Waals surface area contributed by atoms with Crippen molar-refractivity contribution in [1.29, 1.82) is 0 Å². The van der Waals surface area contributed by atoms with Crippen LogP contribution in [-0.2, 0) is 20.7 Å². The molecule has 0 saturated carbocycles. The summed E-state index contributed by atoms with van der Waals surface area (Å²) in [6.45, 7) is 1.65. The molecular weight excluding hydrogens is 232 g/mol. The minimum Gasteiger partial charge on any atom is -0.466 e. The van der Waals surface area contributed by atoms with E-state index in [-0.39, 0.29) is 12.3 Å². The van der Waals surface area contributed by atoms with Crippen molar-refractivity contribution in [2.24, 2.45) is 0 Å². The standard InChI is InChI=1S/C13H16N2O3/c1-10(8-13(17)18-2)14-15-12(16)9-11-6-4-3-5-7-11/h3-8,14H,9H2,1-2H3,(H,15,16)/b10-8+. The number of ether oxygens (including phenoxy) is 1. The van der Waals surface area contributed by atoms with Gasteiger partial charge in [0.2, 0.25) is 5.91 Å². The molecule has 0 spiro atoms. The van der Waals surface area contributed by atoms with Crippen molar-refractivity contribution in [3.63, 3.8) is 0 Å². The number of methoxy groups -OCH3 is 1. The van der Waals surface area contributed by atoms with Crippen LogP contribution in [-0.4, -0.2) is 19.0 Å². The summed E-state index contributed by atoms with van der Waals surface area (Å²) in [5.41, 5.74) is 6.55. The smallest absolute Gasteiger partial charge is 0.332 e. The SMILES string of the molecule is COC(=O)/C=C(\C)NNC(=O)Cc1ccccc1. The molecule has 0 unspecified atom stereocenters. The zero-order valence-electron chi connectivity index (χ0n) is 10.4. The molecule has 1 amide bonds. The molecule has 0 heterocycles. The summed E-state index contributed by atoms with van der Waals surface area (Å²) in [6, 6.07) is 9.38. The Bertz CT molecular complexity index is 441. The number of nitrogens with one attached hydrogen (secondary N) is 2. The molecule has 0 fully saturated rings. The average molecular weight is 248 g/mol. The molecule has 0 bridgehead atoms. The van der Waals surface area contributed by atoms with Gasteiger partial charge in [-0.05, 0) is 12.5 Å². The van der Waals surface area contributed by atoms with Crippen molar-refractivity contribution in [2.75, 3.05) is 7.11 Å². The van der Waals surface area contributed by atoms with Crippen LogP contribution in [0.4, 0.5) is 0 Å². The average Bonchev–Trinajstić information content (AvgIpc) is 2.37. The quantitative estimate of drug-likeness (QED) is 0.462. The minimum atomic E-state index is -0.475. The van der Waals surface area contributed by atoms with Crippen molar-refractivity contribution in [1.82, 2.24) is 10.9 Å². The van der Waals surface area contributed by atoms with Crippen LogP contribution in [0.2, 0.25) is 0 Å². The Morgan fingerprint density at radius 1 is 1.22 bits per heavy atom. The van der Waals surface area contributed by atoms with Crippen LogP contribution in [0.25, 0.3) is 0 Å². The van der Waals surface area contributed by atoms with Gasteiger partial charge in [-0.15, -0.1) is 0 Å². The normalized spacial score (nSPS) is 10.7. The van der Waals surface area contributed by atoms with Gasteiger partial charge in [0, 0.05) is 11.8 Å². The van der Waals surface area contributed by atoms with Gasteiger partial charge < -0.3 is 10.2 Å². The molecule has 18 heavy (non-hydrogen) atoms. The number of hydrogen-bond donors (Lipinski definition) is 2. The summed E-state index contributed by atoms with van der Waals surface area (Å²) in [6.07, 6.45) is 1.53. The highest BCUT2D eigenvalue weighted by atomic mass is 16.5. The van der Waals surface area contributed by atoms with Crippen LogP contribution in [0.15, 0.2) is 42.1 Å². The highest BCUT2D eigenvalue weighted by Gasteiger charge is 2.02. The van der Waals surface area contributed by atoms with E-state index in [2.05, 4.69) is 15.6 Å². The first kappa shape index (κ1) is 13.8. The molecule has 0 atom stereocenters. The Morgan fingerprint density at radius 2 is 1.89 bits per heavy atom. The van der Waals surface area contributed by atoms with Crippen LogP contribution in [0.3, 0.4) is 0 Å². The number of esters is 1. The Morgan fingerprint density at radius 3 is 2.50 bits per heavy atom. The van der Waals surface area contributed by atoms with Gasteiger partial charge in [-0.3, -0.25) is 10.2 Å². The van der Waals surface area contributed by atoms with Gasteiger partial charge in [0.15, 0.2) is 0 Å². The van der Waals surface area contributed by atoms with Gasteiger partial charge in [0.05, 0.1) is 13.5 Å². The lowest BCUT2D eigenvalue weighted by atomic mass is 10.1. The molecule has 5 nitrogen and oxygen atoms in total. The van der Waals surface area contributed by atoms with E-state index in [9.17, 15) is 9.59 Å². The molecular formula is C13H16N2O3. The molecule has 0 radical (unpaired) electrons. The monoisotopic (exact) mass is 248 g/mol. The maximum Gasteiger partial charge on any atom is 0.332 e. The van der Waals surface area contributed by atoms with Crippen molar-refractivity contribution in [3.8, 4) is 0 Å². The molecule has 5 heteroatoms. The maximum atomic E-state index is 11.6. The second kappa shape index (κ2) is 7.11. The van der Waals surface area contributed by atoms with Gasteiger partial charge in [0.1, 0.15) is 0 Å². The van der Waals surface area contributed by atoms with Gasteiger partial charge >= 0.3 is 5.97 Å². The third-order valence-electron chi connectivity index (χ3n) is 2.14. The lowest BCUT2D eigenvalue weighted by Crippen LogP contribution is -2.37. The Labute approximate surface area is 106 Å². The summed E-state index contributed by atoms with van der Waals surface area (Å²) in [5.74, 6) is -0.656. The van der Waals surface area contributed by atoms with E-state index < -0.39 is 5.97 Å². The van der Waals surface area contributed by atoms with Crippen molar-refractivity contribution >= 4 is 11.9 Å². The Hall–Kier alpha value is -2.30. The van der Waals surface area contributed by atoms with Gasteiger partial charge in [-0.25, -0.2) is 4.79 Å². The lowest BCUT2D eigenvalue weighted by Gasteiger charge is -2.08. The number of benzene rings is 1. The van der Waals surface area contributed by atoms with Crippen LogP contribution >= 0.6 is 0 Å². The van der Waals surface area contributed by atoms with E-state index >= 15 is 0 Å². The molecule has 0 aliphatic carbocycles. The number of hydrogen-bond acceptors (Lipinski definition) is 4. The first-order valence-corrected chi connectivity index (χ1v) is 5.47. The number of carbonyl (C=O) groups is 2. The highest BCUT2D eigenvalue weighted by Crippen LogP contribution is 1.98. The van der Waals surface area contributed by atoms with Crippen LogP contribution < -0.4 is 10.9 Å². The van der Waals surface area contributed by atoms with E-state index in [1.807, 2.05) is 30.3 Å². The number of hydrazine groups is 1. The molecule has 0 saturated heterocycles. The number of allylic oxidation sites excluding steroid dienone is 1. The minimum absolute atomic E-state index is 0.182. The van der Waals surface area contributed by atoms with Crippen molar-refractivity contribution < 1.29 is 14.3 Å². The largest absolute Gasteiger partial charge is 0.466 e. The fourth-order valence-corrected chi connectivity index (χ4v) is 1.27. The summed E-state index contributed by atoms with van der Waals surface area (Å²) in [4.78, 5) is 22.5. The van der Waals surface area contributed by atoms with Gasteiger partial charge in [-0.1, -0.05) is 30.3 Å². The predicted octanol–water partition coefficient (Wildman–Crippen LogP) is 0.927. The maximum absolute atomic E-state index is 11.6. The highest BCUT2D eigenvalue weighted by molar-refractivity contribution is 5.82. The molecule has 2 N–H and O–H groups in total. The van der Waals surface area contributed by atoms with Crippen LogP contribution in [0.5, 0.6) is 0 Å². The second-order valence-electron chi connectivity index (χ2n) is 3.69. The zero-order valence-corrected chi connectivity index (χ0v) is 10.4. The lowest BCUT2D eigenvalue weighted by molar-refractivity contribution is -0.135. The van der Waals surface area contributed by atoms with Crippen LogP contribution in [0.1, 0.15) is 12.5 Å². The van der Waals surface area contributed by atoms with E-state index in [0.29, 0.717) is 5.70 Å². The van der Waals surface area contributed by atoms with Crippen molar-refractivity contribution in [3.05, 3.63) is 47.7 Å². The number of rotatable bonds is 5. The van der Waals surface area contributed by atoms with E-state index in [1.54, 1.807) is 6.92 Å². The summed E-state index contributed by atoms with van der Waals surface area (Å²) in [7, 11) is 1.29. The fourth-order valence-electron chi connectivity index (χ4n) is 1.27. The molecule has 0 aliphatic rings. The van der Waals surface area contributed by atoms with Crippen molar-refractivity contribution in [2.45, 2.75) is 13.3 Å². The first-order valence-electron chi connectivity index (χ1n) is 5.47. The fraction of sp³-hybridized carbons (Fsp3) is 0.231. The third-order valence-corrected chi connectivity index (χ3v) is 2.14. The van der Waals surface area contributed by atoms with E-state index in [1.165, 1.54) is 13.2 Å².